The molecule has 160 valence electrons. The van der Waals surface area contributed by atoms with Gasteiger partial charge in [-0.3, -0.25) is 9.69 Å². The number of anilines is 1. The van der Waals surface area contributed by atoms with E-state index in [0.717, 1.165) is 95.1 Å². The first kappa shape index (κ1) is 20.5. The van der Waals surface area contributed by atoms with Crippen LogP contribution in [-0.2, 0) is 9.53 Å². The Kier molecular flexibility index (Phi) is 6.65. The van der Waals surface area contributed by atoms with Gasteiger partial charge in [0.1, 0.15) is 11.6 Å². The van der Waals surface area contributed by atoms with Crippen LogP contribution in [0.5, 0.6) is 0 Å². The number of aromatic nitrogens is 2. The molecule has 3 fully saturated rings. The van der Waals surface area contributed by atoms with Crippen molar-refractivity contribution in [3.63, 3.8) is 0 Å². The van der Waals surface area contributed by atoms with Gasteiger partial charge in [0, 0.05) is 63.2 Å². The molecule has 3 aliphatic heterocycles. The molecule has 4 rings (SSSR count). The lowest BCUT2D eigenvalue weighted by Crippen LogP contribution is -2.47. The average Bonchev–Trinajstić information content (AvgIpc) is 3.19. The van der Waals surface area contributed by atoms with E-state index in [0.29, 0.717) is 18.0 Å². The number of carbonyl (C=O) groups is 1. The van der Waals surface area contributed by atoms with Crippen LogP contribution in [0.2, 0.25) is 0 Å². The van der Waals surface area contributed by atoms with Crippen molar-refractivity contribution in [3.05, 3.63) is 17.6 Å². The minimum atomic E-state index is 0.107. The Morgan fingerprint density at radius 2 is 1.86 bits per heavy atom. The molecule has 0 spiro atoms. The highest BCUT2D eigenvalue weighted by Crippen LogP contribution is 2.27. The van der Waals surface area contributed by atoms with Gasteiger partial charge >= 0.3 is 0 Å². The average molecular weight is 402 g/mol. The van der Waals surface area contributed by atoms with Gasteiger partial charge in [0.15, 0.2) is 0 Å². The van der Waals surface area contributed by atoms with Gasteiger partial charge in [-0.2, -0.15) is 0 Å². The van der Waals surface area contributed by atoms with Crippen LogP contribution in [-0.4, -0.2) is 77.2 Å². The first-order valence-corrected chi connectivity index (χ1v) is 11.3. The first-order valence-electron chi connectivity index (χ1n) is 11.3. The molecule has 4 heterocycles. The molecule has 0 aromatic carbocycles. The number of carbonyl (C=O) groups excluding carboxylic acids is 1. The summed E-state index contributed by atoms with van der Waals surface area (Å²) in [4.78, 5) is 26.7. The van der Waals surface area contributed by atoms with E-state index in [4.69, 9.17) is 4.74 Å². The zero-order chi connectivity index (χ0) is 20.2. The molecule has 0 aliphatic carbocycles. The van der Waals surface area contributed by atoms with Crippen LogP contribution >= 0.6 is 0 Å². The summed E-state index contributed by atoms with van der Waals surface area (Å²) in [5, 5.41) is 3.68. The summed E-state index contributed by atoms with van der Waals surface area (Å²) in [5.74, 6) is 2.19. The molecule has 3 saturated heterocycles. The van der Waals surface area contributed by atoms with Gasteiger partial charge in [-0.05, 0) is 52.4 Å². The monoisotopic (exact) mass is 401 g/mol. The zero-order valence-corrected chi connectivity index (χ0v) is 17.9. The molecule has 0 unspecified atom stereocenters. The summed E-state index contributed by atoms with van der Waals surface area (Å²) >= 11 is 0. The molecule has 29 heavy (non-hydrogen) atoms. The largest absolute Gasteiger partial charge is 0.381 e. The van der Waals surface area contributed by atoms with Crippen molar-refractivity contribution in [1.29, 1.82) is 0 Å². The number of nitrogens with zero attached hydrogens (tertiary/aromatic N) is 4. The van der Waals surface area contributed by atoms with Crippen molar-refractivity contribution in [2.24, 2.45) is 5.92 Å². The molecular formula is C22H35N5O2. The second kappa shape index (κ2) is 9.39. The van der Waals surface area contributed by atoms with E-state index in [-0.39, 0.29) is 5.92 Å². The Hall–Kier alpha value is -1.73. The first-order chi connectivity index (χ1) is 14.1. The van der Waals surface area contributed by atoms with Crippen molar-refractivity contribution in [2.75, 3.05) is 44.7 Å². The predicted octanol–water partition coefficient (Wildman–Crippen LogP) is 2.39. The van der Waals surface area contributed by atoms with Gasteiger partial charge in [-0.1, -0.05) is 0 Å². The van der Waals surface area contributed by atoms with Crippen molar-refractivity contribution in [1.82, 2.24) is 19.8 Å². The number of amides is 1. The van der Waals surface area contributed by atoms with E-state index in [1.165, 1.54) is 0 Å². The Labute approximate surface area is 174 Å². The highest BCUT2D eigenvalue weighted by Gasteiger charge is 2.35. The van der Waals surface area contributed by atoms with Crippen molar-refractivity contribution in [2.45, 2.75) is 64.5 Å². The van der Waals surface area contributed by atoms with E-state index >= 15 is 0 Å². The molecule has 3 aliphatic rings. The fourth-order valence-corrected chi connectivity index (χ4v) is 4.96. The van der Waals surface area contributed by atoms with Gasteiger partial charge in [-0.25, -0.2) is 9.97 Å². The highest BCUT2D eigenvalue weighted by molar-refractivity contribution is 5.79. The third kappa shape index (κ3) is 5.07. The van der Waals surface area contributed by atoms with Crippen LogP contribution in [0, 0.1) is 19.8 Å². The van der Waals surface area contributed by atoms with Gasteiger partial charge in [-0.15, -0.1) is 0 Å². The maximum atomic E-state index is 13.2. The van der Waals surface area contributed by atoms with E-state index < -0.39 is 0 Å². The lowest BCUT2D eigenvalue weighted by Gasteiger charge is -2.36. The third-order valence-corrected chi connectivity index (χ3v) is 6.68. The number of rotatable bonds is 4. The van der Waals surface area contributed by atoms with Gasteiger partial charge < -0.3 is 15.0 Å². The summed E-state index contributed by atoms with van der Waals surface area (Å²) in [6.07, 6.45) is 8.24. The van der Waals surface area contributed by atoms with Crippen molar-refractivity contribution >= 4 is 11.7 Å². The lowest BCUT2D eigenvalue weighted by atomic mass is 9.99. The maximum absolute atomic E-state index is 13.2. The number of aryl methyl sites for hydroxylation is 2. The van der Waals surface area contributed by atoms with Crippen LogP contribution in [0.3, 0.4) is 0 Å². The molecule has 7 heteroatoms. The molecular weight excluding hydrogens is 366 g/mol. The SMILES string of the molecule is Cc1ncc(C)c(N[C@H]2CC[C@@H](C(=O)N3CCCC3)CN(C3CCOCC3)C2)n1. The summed E-state index contributed by atoms with van der Waals surface area (Å²) in [6, 6.07) is 0.801. The quantitative estimate of drug-likeness (QED) is 0.835. The summed E-state index contributed by atoms with van der Waals surface area (Å²) < 4.78 is 5.59. The lowest BCUT2D eigenvalue weighted by molar-refractivity contribution is -0.135. The van der Waals surface area contributed by atoms with E-state index in [2.05, 4.69) is 32.0 Å². The molecule has 2 atom stereocenters. The third-order valence-electron chi connectivity index (χ3n) is 6.68. The molecule has 0 radical (unpaired) electrons. The van der Waals surface area contributed by atoms with E-state index in [1.54, 1.807) is 0 Å². The zero-order valence-electron chi connectivity index (χ0n) is 17.9. The summed E-state index contributed by atoms with van der Waals surface area (Å²) in [6.45, 7) is 9.34. The summed E-state index contributed by atoms with van der Waals surface area (Å²) in [5.41, 5.74) is 1.07. The highest BCUT2D eigenvalue weighted by atomic mass is 16.5. The second-order valence-corrected chi connectivity index (χ2v) is 8.89. The molecule has 1 amide bonds. The molecule has 1 N–H and O–H groups in total. The fraction of sp³-hybridized carbons (Fsp3) is 0.773. The minimum Gasteiger partial charge on any atom is -0.381 e. The van der Waals surface area contributed by atoms with Crippen LogP contribution in [0.1, 0.15) is 49.9 Å². The molecule has 1 aromatic rings. The second-order valence-electron chi connectivity index (χ2n) is 8.89. The number of nitrogens with one attached hydrogen (secondary N) is 1. The Bertz CT molecular complexity index is 700. The van der Waals surface area contributed by atoms with Crippen LogP contribution in [0.25, 0.3) is 0 Å². The smallest absolute Gasteiger partial charge is 0.226 e. The maximum Gasteiger partial charge on any atom is 0.226 e. The molecule has 0 bridgehead atoms. The van der Waals surface area contributed by atoms with Gasteiger partial charge in [0.25, 0.3) is 0 Å². The van der Waals surface area contributed by atoms with Gasteiger partial charge in [0.2, 0.25) is 5.91 Å². The number of hydrogen-bond donors (Lipinski definition) is 1. The topological polar surface area (TPSA) is 70.6 Å². The fourth-order valence-electron chi connectivity index (χ4n) is 4.96. The molecule has 0 saturated carbocycles. The van der Waals surface area contributed by atoms with E-state index in [9.17, 15) is 4.79 Å². The number of hydrogen-bond acceptors (Lipinski definition) is 6. The van der Waals surface area contributed by atoms with Crippen molar-refractivity contribution in [3.8, 4) is 0 Å². The van der Waals surface area contributed by atoms with E-state index in [1.807, 2.05) is 13.1 Å². The number of likely N-dealkylation sites (tertiary alicyclic amines) is 2. The number of ether oxygens (including phenoxy) is 1. The predicted molar refractivity (Wildman–Crippen MR) is 113 cm³/mol. The standard InChI is InChI=1S/C22H35N5O2/c1-16-13-23-17(2)24-21(16)25-19-6-5-18(22(28)26-9-3-4-10-26)14-27(15-19)20-7-11-29-12-8-20/h13,18-20H,3-12,14-15H2,1-2H3,(H,23,24,25)/t18-,19+/m1/s1. The van der Waals surface area contributed by atoms with Crippen molar-refractivity contribution < 1.29 is 9.53 Å². The van der Waals surface area contributed by atoms with Crippen LogP contribution in [0.4, 0.5) is 5.82 Å². The van der Waals surface area contributed by atoms with Crippen LogP contribution in [0.15, 0.2) is 6.20 Å². The summed E-state index contributed by atoms with van der Waals surface area (Å²) in [7, 11) is 0. The van der Waals surface area contributed by atoms with Crippen LogP contribution < -0.4 is 5.32 Å². The minimum absolute atomic E-state index is 0.107. The Morgan fingerprint density at radius 3 is 2.62 bits per heavy atom. The molecule has 7 nitrogen and oxygen atoms in total. The van der Waals surface area contributed by atoms with Gasteiger partial charge in [0.05, 0.1) is 5.92 Å². The Balaban J connectivity index is 1.49. The Morgan fingerprint density at radius 1 is 1.10 bits per heavy atom. The molecule has 1 aromatic heterocycles. The normalized spacial score (nSPS) is 27.0.